The zero-order valence-corrected chi connectivity index (χ0v) is 23.7. The van der Waals surface area contributed by atoms with E-state index in [-0.39, 0.29) is 24.6 Å². The second-order valence-corrected chi connectivity index (χ2v) is 11.7. The number of sulfonamides is 1. The van der Waals surface area contributed by atoms with Gasteiger partial charge in [-0.3, -0.25) is 13.9 Å². The molecular formula is C28H31BrFN3O4S. The maximum Gasteiger partial charge on any atom is 0.244 e. The zero-order valence-electron chi connectivity index (χ0n) is 21.3. The molecule has 0 bridgehead atoms. The Hall–Kier alpha value is -3.24. The van der Waals surface area contributed by atoms with Gasteiger partial charge in [-0.1, -0.05) is 71.4 Å². The van der Waals surface area contributed by atoms with E-state index in [0.717, 1.165) is 32.2 Å². The summed E-state index contributed by atoms with van der Waals surface area (Å²) in [6.07, 6.45) is 1.91. The molecule has 0 aliphatic carbocycles. The van der Waals surface area contributed by atoms with Gasteiger partial charge in [-0.2, -0.15) is 0 Å². The average molecular weight is 605 g/mol. The van der Waals surface area contributed by atoms with Crippen LogP contribution >= 0.6 is 15.9 Å². The van der Waals surface area contributed by atoms with Crippen LogP contribution in [0.25, 0.3) is 0 Å². The quantitative estimate of drug-likeness (QED) is 0.330. The summed E-state index contributed by atoms with van der Waals surface area (Å²) < 4.78 is 41.0. The van der Waals surface area contributed by atoms with Crippen LogP contribution in [0.4, 0.5) is 10.1 Å². The van der Waals surface area contributed by atoms with E-state index in [4.69, 9.17) is 0 Å². The Kier molecular flexibility index (Phi) is 10.4. The Bertz CT molecular complexity index is 1340. The van der Waals surface area contributed by atoms with Gasteiger partial charge in [0.25, 0.3) is 0 Å². The summed E-state index contributed by atoms with van der Waals surface area (Å²) >= 11 is 3.40. The number of nitrogens with zero attached hydrogens (tertiary/aromatic N) is 2. The Morgan fingerprint density at radius 1 is 0.974 bits per heavy atom. The number of nitrogens with one attached hydrogen (secondary N) is 1. The molecule has 0 aliphatic heterocycles. The van der Waals surface area contributed by atoms with Gasteiger partial charge in [-0.25, -0.2) is 12.8 Å². The maximum absolute atomic E-state index is 14.0. The summed E-state index contributed by atoms with van der Waals surface area (Å²) in [5.41, 5.74) is 1.64. The molecular weight excluding hydrogens is 573 g/mol. The van der Waals surface area contributed by atoms with Crippen molar-refractivity contribution in [3.8, 4) is 0 Å². The molecule has 1 N–H and O–H groups in total. The number of hydrogen-bond acceptors (Lipinski definition) is 4. The van der Waals surface area contributed by atoms with Crippen molar-refractivity contribution >= 4 is 43.5 Å². The third-order valence-electron chi connectivity index (χ3n) is 5.86. The molecule has 0 radical (unpaired) electrons. The first kappa shape index (κ1) is 29.3. The highest BCUT2D eigenvalue weighted by molar-refractivity contribution is 9.10. The van der Waals surface area contributed by atoms with E-state index in [1.54, 1.807) is 0 Å². The predicted octanol–water partition coefficient (Wildman–Crippen LogP) is 4.52. The first-order valence-corrected chi connectivity index (χ1v) is 14.8. The Labute approximate surface area is 231 Å². The van der Waals surface area contributed by atoms with Gasteiger partial charge in [0.15, 0.2) is 0 Å². The van der Waals surface area contributed by atoms with Crippen molar-refractivity contribution in [2.45, 2.75) is 32.4 Å². The summed E-state index contributed by atoms with van der Waals surface area (Å²) in [5.74, 6) is -1.55. The van der Waals surface area contributed by atoms with Gasteiger partial charge >= 0.3 is 0 Å². The highest BCUT2D eigenvalue weighted by Gasteiger charge is 2.33. The Morgan fingerprint density at radius 2 is 1.66 bits per heavy atom. The van der Waals surface area contributed by atoms with Crippen LogP contribution in [-0.2, 0) is 32.6 Å². The van der Waals surface area contributed by atoms with Crippen LogP contribution < -0.4 is 9.62 Å². The number of hydrogen-bond donors (Lipinski definition) is 1. The summed E-state index contributed by atoms with van der Waals surface area (Å²) in [6.45, 7) is 1.85. The van der Waals surface area contributed by atoms with Crippen molar-refractivity contribution in [3.63, 3.8) is 0 Å². The van der Waals surface area contributed by atoms with E-state index in [0.29, 0.717) is 13.0 Å². The summed E-state index contributed by atoms with van der Waals surface area (Å²) in [4.78, 5) is 28.7. The van der Waals surface area contributed by atoms with Crippen LogP contribution in [0.1, 0.15) is 24.5 Å². The monoisotopic (exact) mass is 603 g/mol. The number of anilines is 1. The third kappa shape index (κ3) is 8.39. The number of halogens is 2. The normalized spacial score (nSPS) is 12.0. The van der Waals surface area contributed by atoms with E-state index in [9.17, 15) is 22.4 Å². The van der Waals surface area contributed by atoms with Gasteiger partial charge in [-0.05, 0) is 47.9 Å². The predicted molar refractivity (Wildman–Crippen MR) is 151 cm³/mol. The molecule has 1 atom stereocenters. The summed E-state index contributed by atoms with van der Waals surface area (Å²) in [6, 6.07) is 20.8. The molecule has 3 aromatic rings. The lowest BCUT2D eigenvalue weighted by Crippen LogP contribution is -2.53. The van der Waals surface area contributed by atoms with E-state index in [2.05, 4.69) is 21.2 Å². The molecule has 3 rings (SSSR count). The molecule has 0 fully saturated rings. The lowest BCUT2D eigenvalue weighted by molar-refractivity contribution is -0.140. The first-order valence-electron chi connectivity index (χ1n) is 12.2. The second kappa shape index (κ2) is 13.5. The van der Waals surface area contributed by atoms with E-state index in [1.807, 2.05) is 61.5 Å². The minimum Gasteiger partial charge on any atom is -0.354 e. The Balaban J connectivity index is 2.03. The van der Waals surface area contributed by atoms with Gasteiger partial charge in [0.2, 0.25) is 21.8 Å². The van der Waals surface area contributed by atoms with Crippen LogP contribution in [0.2, 0.25) is 0 Å². The lowest BCUT2D eigenvalue weighted by atomic mass is 10.0. The Morgan fingerprint density at radius 3 is 2.26 bits per heavy atom. The van der Waals surface area contributed by atoms with Crippen molar-refractivity contribution in [3.05, 3.63) is 100 Å². The van der Waals surface area contributed by atoms with Gasteiger partial charge in [0, 0.05) is 24.0 Å². The molecule has 202 valence electrons. The molecule has 0 unspecified atom stereocenters. The highest BCUT2D eigenvalue weighted by atomic mass is 79.9. The van der Waals surface area contributed by atoms with Crippen molar-refractivity contribution in [1.82, 2.24) is 10.2 Å². The molecule has 0 heterocycles. The third-order valence-corrected chi connectivity index (χ3v) is 7.53. The van der Waals surface area contributed by atoms with Gasteiger partial charge in [0.1, 0.15) is 18.4 Å². The average Bonchev–Trinajstić information content (AvgIpc) is 2.88. The number of benzene rings is 3. The fourth-order valence-corrected chi connectivity index (χ4v) is 5.06. The maximum atomic E-state index is 14.0. The van der Waals surface area contributed by atoms with Crippen LogP contribution in [-0.4, -0.2) is 50.5 Å². The molecule has 38 heavy (non-hydrogen) atoms. The topological polar surface area (TPSA) is 86.8 Å². The zero-order chi connectivity index (χ0) is 27.7. The molecule has 7 nitrogen and oxygen atoms in total. The molecule has 3 aromatic carbocycles. The fraction of sp³-hybridized carbons (Fsp3) is 0.286. The molecule has 0 aromatic heterocycles. The highest BCUT2D eigenvalue weighted by Crippen LogP contribution is 2.21. The van der Waals surface area contributed by atoms with Crippen molar-refractivity contribution in [2.75, 3.05) is 23.7 Å². The summed E-state index contributed by atoms with van der Waals surface area (Å²) in [5, 5.41) is 2.88. The minimum atomic E-state index is -3.95. The molecule has 0 saturated heterocycles. The van der Waals surface area contributed by atoms with E-state index < -0.39 is 34.3 Å². The number of carbonyl (C=O) groups excluding carboxylic acids is 2. The van der Waals surface area contributed by atoms with Crippen molar-refractivity contribution < 1.29 is 22.4 Å². The van der Waals surface area contributed by atoms with E-state index in [1.165, 1.54) is 23.1 Å². The van der Waals surface area contributed by atoms with Crippen molar-refractivity contribution in [1.29, 1.82) is 0 Å². The van der Waals surface area contributed by atoms with Gasteiger partial charge < -0.3 is 10.2 Å². The largest absolute Gasteiger partial charge is 0.354 e. The number of carbonyl (C=O) groups is 2. The minimum absolute atomic E-state index is 0.0273. The molecule has 0 saturated carbocycles. The van der Waals surface area contributed by atoms with Crippen LogP contribution in [0.5, 0.6) is 0 Å². The van der Waals surface area contributed by atoms with Crippen molar-refractivity contribution in [2.24, 2.45) is 0 Å². The van der Waals surface area contributed by atoms with E-state index >= 15 is 0 Å². The lowest BCUT2D eigenvalue weighted by Gasteiger charge is -2.33. The smallest absolute Gasteiger partial charge is 0.244 e. The van der Waals surface area contributed by atoms with Gasteiger partial charge in [0.05, 0.1) is 11.9 Å². The number of rotatable bonds is 12. The SMILES string of the molecule is CCCNC(=O)[C@@H](Cc1ccccc1)N(Cc1ccc(Br)cc1)C(=O)CN(c1cccc(F)c1)S(C)(=O)=O. The van der Waals surface area contributed by atoms with Crippen LogP contribution in [0.15, 0.2) is 83.3 Å². The standard InChI is InChI=1S/C28H31BrFN3O4S/c1-3-16-31-28(35)26(17-21-8-5-4-6-9-21)32(19-22-12-14-23(29)15-13-22)27(34)20-33(38(2,36)37)25-11-7-10-24(30)18-25/h4-15,18,26H,3,16-17,19-20H2,1-2H3,(H,31,35)/t26-/m1/s1. The molecule has 0 aliphatic rings. The second-order valence-electron chi connectivity index (χ2n) is 8.89. The number of amides is 2. The summed E-state index contributed by atoms with van der Waals surface area (Å²) in [7, 11) is -3.95. The molecule has 2 amide bonds. The fourth-order valence-electron chi connectivity index (χ4n) is 3.95. The first-order chi connectivity index (χ1) is 18.1. The molecule has 10 heteroatoms. The molecule has 0 spiro atoms. The van der Waals surface area contributed by atoms with Crippen LogP contribution in [0.3, 0.4) is 0 Å². The van der Waals surface area contributed by atoms with Gasteiger partial charge in [-0.15, -0.1) is 0 Å². The van der Waals surface area contributed by atoms with Crippen LogP contribution in [0, 0.1) is 5.82 Å².